The van der Waals surface area contributed by atoms with Crippen LogP contribution in [-0.4, -0.2) is 12.5 Å². The zero-order chi connectivity index (χ0) is 14.5. The van der Waals surface area contributed by atoms with Gasteiger partial charge in [0.05, 0.1) is 0 Å². The van der Waals surface area contributed by atoms with Crippen LogP contribution in [0.2, 0.25) is 0 Å². The molecule has 0 aliphatic rings. The average molecular weight is 273 g/mol. The molecule has 0 atom stereocenters. The zero-order valence-corrected chi connectivity index (χ0v) is 12.0. The SMILES string of the molecule is Cc1cccc(OCC(=O)NCc2cc(C)oc2C)c1. The Labute approximate surface area is 118 Å². The van der Waals surface area contributed by atoms with Gasteiger partial charge in [-0.25, -0.2) is 0 Å². The van der Waals surface area contributed by atoms with Gasteiger partial charge in [0.1, 0.15) is 17.3 Å². The number of hydrogen-bond acceptors (Lipinski definition) is 3. The van der Waals surface area contributed by atoms with Crippen LogP contribution in [0.3, 0.4) is 0 Å². The summed E-state index contributed by atoms with van der Waals surface area (Å²) in [5, 5.41) is 2.81. The molecular formula is C16H19NO3. The molecule has 4 nitrogen and oxygen atoms in total. The number of carbonyl (C=O) groups excluding carboxylic acids is 1. The Morgan fingerprint density at radius 2 is 2.05 bits per heavy atom. The fourth-order valence-corrected chi connectivity index (χ4v) is 1.96. The first kappa shape index (κ1) is 14.2. The van der Waals surface area contributed by atoms with Gasteiger partial charge >= 0.3 is 0 Å². The molecule has 20 heavy (non-hydrogen) atoms. The molecule has 1 heterocycles. The van der Waals surface area contributed by atoms with Crippen molar-refractivity contribution >= 4 is 5.91 Å². The second kappa shape index (κ2) is 6.28. The highest BCUT2D eigenvalue weighted by atomic mass is 16.5. The summed E-state index contributed by atoms with van der Waals surface area (Å²) < 4.78 is 10.8. The number of amides is 1. The van der Waals surface area contributed by atoms with Crippen LogP contribution < -0.4 is 10.1 Å². The highest BCUT2D eigenvalue weighted by Gasteiger charge is 2.07. The summed E-state index contributed by atoms with van der Waals surface area (Å²) in [4.78, 5) is 11.7. The first-order valence-corrected chi connectivity index (χ1v) is 6.56. The Hall–Kier alpha value is -2.23. The van der Waals surface area contributed by atoms with E-state index in [4.69, 9.17) is 9.15 Å². The Kier molecular flexibility index (Phi) is 4.45. The molecule has 106 valence electrons. The lowest BCUT2D eigenvalue weighted by Crippen LogP contribution is -2.28. The molecule has 0 spiro atoms. The van der Waals surface area contributed by atoms with Gasteiger partial charge < -0.3 is 14.5 Å². The summed E-state index contributed by atoms with van der Waals surface area (Å²) in [5.74, 6) is 2.24. The summed E-state index contributed by atoms with van der Waals surface area (Å²) in [6.45, 7) is 6.23. The number of ether oxygens (including phenoxy) is 1. The predicted molar refractivity (Wildman–Crippen MR) is 76.7 cm³/mol. The van der Waals surface area contributed by atoms with Crippen LogP contribution in [-0.2, 0) is 11.3 Å². The normalized spacial score (nSPS) is 10.3. The van der Waals surface area contributed by atoms with Crippen LogP contribution >= 0.6 is 0 Å². The maximum Gasteiger partial charge on any atom is 0.258 e. The van der Waals surface area contributed by atoms with Crippen molar-refractivity contribution in [2.75, 3.05) is 6.61 Å². The largest absolute Gasteiger partial charge is 0.484 e. The molecule has 2 aromatic rings. The van der Waals surface area contributed by atoms with Crippen molar-refractivity contribution < 1.29 is 13.9 Å². The van der Waals surface area contributed by atoms with Gasteiger partial charge in [-0.3, -0.25) is 4.79 Å². The first-order valence-electron chi connectivity index (χ1n) is 6.56. The van der Waals surface area contributed by atoms with Crippen LogP contribution in [0.25, 0.3) is 0 Å². The van der Waals surface area contributed by atoms with Crippen molar-refractivity contribution in [1.82, 2.24) is 5.32 Å². The molecule has 0 aliphatic carbocycles. The van der Waals surface area contributed by atoms with Crippen LogP contribution in [0.15, 0.2) is 34.7 Å². The predicted octanol–water partition coefficient (Wildman–Crippen LogP) is 2.90. The number of benzene rings is 1. The maximum absolute atomic E-state index is 11.7. The van der Waals surface area contributed by atoms with Crippen molar-refractivity contribution in [2.24, 2.45) is 0 Å². The molecule has 2 rings (SSSR count). The van der Waals surface area contributed by atoms with Gasteiger partial charge in [0.2, 0.25) is 0 Å². The number of furan rings is 1. The second-order valence-corrected chi connectivity index (χ2v) is 4.82. The van der Waals surface area contributed by atoms with Gasteiger partial charge in [0.25, 0.3) is 5.91 Å². The van der Waals surface area contributed by atoms with E-state index >= 15 is 0 Å². The molecule has 0 saturated carbocycles. The topological polar surface area (TPSA) is 51.5 Å². The van der Waals surface area contributed by atoms with Gasteiger partial charge in [-0.05, 0) is 44.5 Å². The number of hydrogen-bond donors (Lipinski definition) is 1. The molecule has 0 fully saturated rings. The van der Waals surface area contributed by atoms with E-state index in [1.165, 1.54) is 0 Å². The second-order valence-electron chi connectivity index (χ2n) is 4.82. The minimum atomic E-state index is -0.148. The number of rotatable bonds is 5. The van der Waals surface area contributed by atoms with Gasteiger partial charge in [-0.15, -0.1) is 0 Å². The molecule has 1 N–H and O–H groups in total. The molecule has 1 aromatic carbocycles. The molecule has 4 heteroatoms. The van der Waals surface area contributed by atoms with E-state index in [1.807, 2.05) is 51.1 Å². The molecular weight excluding hydrogens is 254 g/mol. The van der Waals surface area contributed by atoms with Gasteiger partial charge in [0, 0.05) is 12.1 Å². The van der Waals surface area contributed by atoms with E-state index in [0.29, 0.717) is 12.3 Å². The highest BCUT2D eigenvalue weighted by Crippen LogP contribution is 2.13. The molecule has 0 bridgehead atoms. The van der Waals surface area contributed by atoms with Crippen molar-refractivity contribution in [3.63, 3.8) is 0 Å². The average Bonchev–Trinajstić information content (AvgIpc) is 2.72. The van der Waals surface area contributed by atoms with Crippen molar-refractivity contribution in [3.05, 3.63) is 53.0 Å². The van der Waals surface area contributed by atoms with Gasteiger partial charge in [-0.2, -0.15) is 0 Å². The van der Waals surface area contributed by atoms with Gasteiger partial charge in [0.15, 0.2) is 6.61 Å². The lowest BCUT2D eigenvalue weighted by molar-refractivity contribution is -0.123. The third-order valence-corrected chi connectivity index (χ3v) is 2.98. The van der Waals surface area contributed by atoms with E-state index in [-0.39, 0.29) is 12.5 Å². The van der Waals surface area contributed by atoms with Crippen LogP contribution in [0.4, 0.5) is 0 Å². The number of carbonyl (C=O) groups is 1. The van der Waals surface area contributed by atoms with E-state index in [1.54, 1.807) is 0 Å². The van der Waals surface area contributed by atoms with Crippen LogP contribution in [0.1, 0.15) is 22.6 Å². The summed E-state index contributed by atoms with van der Waals surface area (Å²) in [7, 11) is 0. The summed E-state index contributed by atoms with van der Waals surface area (Å²) in [6, 6.07) is 9.55. The highest BCUT2D eigenvalue weighted by molar-refractivity contribution is 5.77. The van der Waals surface area contributed by atoms with E-state index in [2.05, 4.69) is 5.32 Å². The van der Waals surface area contributed by atoms with Crippen LogP contribution in [0, 0.1) is 20.8 Å². The Balaban J connectivity index is 1.80. The Morgan fingerprint density at radius 3 is 2.70 bits per heavy atom. The Bertz CT molecular complexity index is 602. The lowest BCUT2D eigenvalue weighted by atomic mass is 10.2. The zero-order valence-electron chi connectivity index (χ0n) is 12.0. The summed E-state index contributed by atoms with van der Waals surface area (Å²) >= 11 is 0. The van der Waals surface area contributed by atoms with E-state index < -0.39 is 0 Å². The molecule has 1 aromatic heterocycles. The summed E-state index contributed by atoms with van der Waals surface area (Å²) in [5.41, 5.74) is 2.10. The maximum atomic E-state index is 11.7. The first-order chi connectivity index (χ1) is 9.54. The van der Waals surface area contributed by atoms with Crippen molar-refractivity contribution in [1.29, 1.82) is 0 Å². The Morgan fingerprint density at radius 1 is 1.25 bits per heavy atom. The standard InChI is InChI=1S/C16H19NO3/c1-11-5-4-6-15(7-11)19-10-16(18)17-9-14-8-12(2)20-13(14)3/h4-8H,9-10H2,1-3H3,(H,17,18). The third kappa shape index (κ3) is 3.88. The third-order valence-electron chi connectivity index (χ3n) is 2.98. The minimum absolute atomic E-state index is 0.0132. The molecule has 0 saturated heterocycles. The minimum Gasteiger partial charge on any atom is -0.484 e. The van der Waals surface area contributed by atoms with E-state index in [0.717, 1.165) is 22.6 Å². The number of aryl methyl sites for hydroxylation is 3. The van der Waals surface area contributed by atoms with E-state index in [9.17, 15) is 4.79 Å². The lowest BCUT2D eigenvalue weighted by Gasteiger charge is -2.07. The monoisotopic (exact) mass is 273 g/mol. The van der Waals surface area contributed by atoms with Crippen molar-refractivity contribution in [3.8, 4) is 5.75 Å². The fraction of sp³-hybridized carbons (Fsp3) is 0.312. The van der Waals surface area contributed by atoms with Gasteiger partial charge in [-0.1, -0.05) is 12.1 Å². The number of nitrogens with one attached hydrogen (secondary N) is 1. The smallest absolute Gasteiger partial charge is 0.258 e. The molecule has 1 amide bonds. The molecule has 0 radical (unpaired) electrons. The summed E-state index contributed by atoms with van der Waals surface area (Å²) in [6.07, 6.45) is 0. The molecule has 0 aliphatic heterocycles. The fourth-order valence-electron chi connectivity index (χ4n) is 1.96. The van der Waals surface area contributed by atoms with Crippen LogP contribution in [0.5, 0.6) is 5.75 Å². The van der Waals surface area contributed by atoms with Crippen molar-refractivity contribution in [2.45, 2.75) is 27.3 Å². The molecule has 0 unspecified atom stereocenters. The quantitative estimate of drug-likeness (QED) is 0.911.